The molecular formula is C14H20BrN5O2. The van der Waals surface area contributed by atoms with Crippen molar-refractivity contribution in [2.75, 3.05) is 25.5 Å². The molecule has 1 fully saturated rings. The van der Waals surface area contributed by atoms with Crippen LogP contribution in [0.4, 0.5) is 16.3 Å². The number of halogens is 1. The molecule has 2 heterocycles. The lowest BCUT2D eigenvalue weighted by Crippen LogP contribution is -2.52. The van der Waals surface area contributed by atoms with Gasteiger partial charge in [-0.2, -0.15) is 5.10 Å². The zero-order valence-corrected chi connectivity index (χ0v) is 14.8. The Labute approximate surface area is 138 Å². The van der Waals surface area contributed by atoms with E-state index in [2.05, 4.69) is 31.2 Å². The van der Waals surface area contributed by atoms with E-state index in [4.69, 9.17) is 11.3 Å². The summed E-state index contributed by atoms with van der Waals surface area (Å²) in [6, 6.07) is 0. The van der Waals surface area contributed by atoms with Crippen molar-refractivity contribution in [2.24, 2.45) is 5.92 Å². The second kappa shape index (κ2) is 6.16. The average molecular weight is 370 g/mol. The van der Waals surface area contributed by atoms with Crippen molar-refractivity contribution in [2.45, 2.75) is 32.9 Å². The molecule has 0 radical (unpaired) electrons. The highest BCUT2D eigenvalue weighted by molar-refractivity contribution is 9.10. The Kier molecular flexibility index (Phi) is 4.66. The molecular weight excluding hydrogens is 350 g/mol. The van der Waals surface area contributed by atoms with Crippen molar-refractivity contribution in [3.8, 4) is 0 Å². The van der Waals surface area contributed by atoms with Gasteiger partial charge in [0, 0.05) is 32.6 Å². The maximum atomic E-state index is 11.9. The van der Waals surface area contributed by atoms with Gasteiger partial charge in [0.05, 0.1) is 6.57 Å². The summed E-state index contributed by atoms with van der Waals surface area (Å²) < 4.78 is 7.64. The first-order chi connectivity index (χ1) is 10.2. The Morgan fingerprint density at radius 3 is 2.68 bits per heavy atom. The smallest absolute Gasteiger partial charge is 0.410 e. The second-order valence-corrected chi connectivity index (χ2v) is 7.03. The summed E-state index contributed by atoms with van der Waals surface area (Å²) in [4.78, 5) is 17.0. The zero-order valence-electron chi connectivity index (χ0n) is 13.2. The van der Waals surface area contributed by atoms with E-state index in [1.165, 1.54) is 0 Å². The Balaban J connectivity index is 1.94. The molecule has 1 amide bonds. The maximum Gasteiger partial charge on any atom is 0.410 e. The zero-order chi connectivity index (χ0) is 16.5. The third kappa shape index (κ3) is 3.53. The van der Waals surface area contributed by atoms with Crippen molar-refractivity contribution in [3.05, 3.63) is 16.0 Å². The fourth-order valence-electron chi connectivity index (χ4n) is 2.31. The maximum absolute atomic E-state index is 11.9. The van der Waals surface area contributed by atoms with Crippen molar-refractivity contribution in [1.29, 1.82) is 0 Å². The van der Waals surface area contributed by atoms with Crippen LogP contribution in [0.3, 0.4) is 0 Å². The molecule has 0 unspecified atom stereocenters. The number of anilines is 1. The molecule has 120 valence electrons. The van der Waals surface area contributed by atoms with Gasteiger partial charge in [-0.05, 0) is 36.7 Å². The quantitative estimate of drug-likeness (QED) is 0.831. The molecule has 0 aliphatic carbocycles. The number of rotatable bonds is 3. The summed E-state index contributed by atoms with van der Waals surface area (Å²) in [6.45, 7) is 14.7. The van der Waals surface area contributed by atoms with E-state index in [9.17, 15) is 4.79 Å². The van der Waals surface area contributed by atoms with E-state index in [1.807, 2.05) is 20.8 Å². The number of carbonyl (C=O) groups excluding carboxylic acids is 1. The Bertz CT molecular complexity index is 608. The number of likely N-dealkylation sites (tertiary alicyclic amines) is 1. The summed E-state index contributed by atoms with van der Waals surface area (Å²) >= 11 is 3.30. The number of hydrogen-bond acceptors (Lipinski definition) is 4. The minimum absolute atomic E-state index is 0.277. The first-order valence-electron chi connectivity index (χ1n) is 7.04. The molecule has 7 nitrogen and oxygen atoms in total. The van der Waals surface area contributed by atoms with Gasteiger partial charge in [0.1, 0.15) is 16.0 Å². The number of nitrogens with one attached hydrogen (secondary N) is 1. The van der Waals surface area contributed by atoms with Crippen LogP contribution in [0.25, 0.3) is 4.85 Å². The van der Waals surface area contributed by atoms with Crippen molar-refractivity contribution >= 4 is 33.5 Å². The number of aromatic nitrogens is 2. The van der Waals surface area contributed by atoms with Gasteiger partial charge < -0.3 is 15.0 Å². The van der Waals surface area contributed by atoms with Crippen LogP contribution in [0.15, 0.2) is 4.60 Å². The Morgan fingerprint density at radius 1 is 1.55 bits per heavy atom. The first-order valence-corrected chi connectivity index (χ1v) is 7.84. The van der Waals surface area contributed by atoms with Gasteiger partial charge in [-0.25, -0.2) is 9.64 Å². The molecule has 1 aliphatic heterocycles. The van der Waals surface area contributed by atoms with Crippen LogP contribution in [0, 0.1) is 12.5 Å². The summed E-state index contributed by atoms with van der Waals surface area (Å²) in [7, 11) is 1.77. The lowest BCUT2D eigenvalue weighted by atomic mass is 10.0. The van der Waals surface area contributed by atoms with Crippen molar-refractivity contribution in [1.82, 2.24) is 14.7 Å². The fraction of sp³-hybridized carbons (Fsp3) is 0.643. The third-order valence-corrected chi connectivity index (χ3v) is 3.81. The van der Waals surface area contributed by atoms with E-state index < -0.39 is 5.60 Å². The van der Waals surface area contributed by atoms with Gasteiger partial charge in [0.2, 0.25) is 0 Å². The Morgan fingerprint density at radius 2 is 2.18 bits per heavy atom. The van der Waals surface area contributed by atoms with Crippen LogP contribution in [0.1, 0.15) is 20.8 Å². The van der Waals surface area contributed by atoms with Crippen LogP contribution in [-0.4, -0.2) is 46.5 Å². The van der Waals surface area contributed by atoms with Gasteiger partial charge in [0.25, 0.3) is 5.69 Å². The summed E-state index contributed by atoms with van der Waals surface area (Å²) in [6.07, 6.45) is -0.277. The summed E-state index contributed by atoms with van der Waals surface area (Å²) in [5, 5.41) is 7.33. The molecule has 1 aliphatic rings. The molecule has 0 saturated carbocycles. The van der Waals surface area contributed by atoms with E-state index in [0.717, 1.165) is 0 Å². The van der Waals surface area contributed by atoms with E-state index in [1.54, 1.807) is 16.6 Å². The highest BCUT2D eigenvalue weighted by atomic mass is 79.9. The highest BCUT2D eigenvalue weighted by Gasteiger charge is 2.34. The number of nitrogens with zero attached hydrogens (tertiary/aromatic N) is 4. The molecule has 1 aromatic rings. The molecule has 1 N–H and O–H groups in total. The first kappa shape index (κ1) is 16.6. The normalized spacial score (nSPS) is 15.2. The molecule has 1 saturated heterocycles. The second-order valence-electron chi connectivity index (χ2n) is 6.28. The van der Waals surface area contributed by atoms with Crippen LogP contribution < -0.4 is 5.32 Å². The number of amides is 1. The SMILES string of the molecule is [C-]#[N+]c1c(Br)nn(CC2CN(C(=O)OC(C)(C)C)C2)c1NC. The van der Waals surface area contributed by atoms with Crippen LogP contribution in [-0.2, 0) is 11.3 Å². The van der Waals surface area contributed by atoms with Crippen LogP contribution in [0.2, 0.25) is 0 Å². The van der Waals surface area contributed by atoms with Gasteiger partial charge in [-0.1, -0.05) is 0 Å². The van der Waals surface area contributed by atoms with E-state index >= 15 is 0 Å². The van der Waals surface area contributed by atoms with Gasteiger partial charge in [-0.3, -0.25) is 4.68 Å². The lowest BCUT2D eigenvalue weighted by molar-refractivity contribution is -0.00374. The molecule has 2 rings (SSSR count). The molecule has 0 atom stereocenters. The Hall–Kier alpha value is -1.75. The van der Waals surface area contributed by atoms with Gasteiger partial charge >= 0.3 is 6.09 Å². The minimum atomic E-state index is -0.473. The number of ether oxygens (including phenoxy) is 1. The number of carbonyl (C=O) groups is 1. The highest BCUT2D eigenvalue weighted by Crippen LogP contribution is 2.34. The molecule has 0 spiro atoms. The predicted molar refractivity (Wildman–Crippen MR) is 87.0 cm³/mol. The molecule has 22 heavy (non-hydrogen) atoms. The van der Waals surface area contributed by atoms with E-state index in [-0.39, 0.29) is 6.09 Å². The van der Waals surface area contributed by atoms with Crippen LogP contribution >= 0.6 is 15.9 Å². The molecule has 8 heteroatoms. The monoisotopic (exact) mass is 369 g/mol. The van der Waals surface area contributed by atoms with Crippen molar-refractivity contribution in [3.63, 3.8) is 0 Å². The topological polar surface area (TPSA) is 63.8 Å². The predicted octanol–water partition coefficient (Wildman–Crippen LogP) is 3.10. The molecule has 0 aromatic carbocycles. The lowest BCUT2D eigenvalue weighted by Gasteiger charge is -2.39. The van der Waals surface area contributed by atoms with Crippen LogP contribution in [0.5, 0.6) is 0 Å². The number of hydrogen-bond donors (Lipinski definition) is 1. The summed E-state index contributed by atoms with van der Waals surface area (Å²) in [5.74, 6) is 1.00. The fourth-order valence-corrected chi connectivity index (χ4v) is 2.78. The van der Waals surface area contributed by atoms with Crippen molar-refractivity contribution < 1.29 is 9.53 Å². The van der Waals surface area contributed by atoms with Gasteiger partial charge in [0.15, 0.2) is 0 Å². The minimum Gasteiger partial charge on any atom is -0.444 e. The molecule has 1 aromatic heterocycles. The largest absolute Gasteiger partial charge is 0.444 e. The third-order valence-electron chi connectivity index (χ3n) is 3.27. The standard InChI is InChI=1S/C14H20BrN5O2/c1-14(2,3)22-13(21)19-6-9(7-19)8-20-12(17-5)10(16-4)11(15)18-20/h9,17H,6-8H2,1-3,5H3. The average Bonchev–Trinajstić information content (AvgIpc) is 2.65. The summed E-state index contributed by atoms with van der Waals surface area (Å²) in [5.41, 5.74) is 0.00425. The molecule has 0 bridgehead atoms. The van der Waals surface area contributed by atoms with E-state index in [0.29, 0.717) is 41.7 Å². The van der Waals surface area contributed by atoms with Gasteiger partial charge in [-0.15, -0.1) is 0 Å².